The summed E-state index contributed by atoms with van der Waals surface area (Å²) in [5, 5.41) is 14.0. The second kappa shape index (κ2) is 5.71. The van der Waals surface area contributed by atoms with Crippen molar-refractivity contribution in [3.05, 3.63) is 35.2 Å². The van der Waals surface area contributed by atoms with E-state index in [0.29, 0.717) is 12.0 Å². The number of rotatable bonds is 3. The molecule has 2 aromatic rings. The van der Waals surface area contributed by atoms with E-state index in [0.717, 1.165) is 13.0 Å². The van der Waals surface area contributed by atoms with Crippen LogP contribution in [0.5, 0.6) is 0 Å². The summed E-state index contributed by atoms with van der Waals surface area (Å²) in [6.45, 7) is 2.25. The van der Waals surface area contributed by atoms with Crippen LogP contribution in [0.3, 0.4) is 0 Å². The molecule has 1 aliphatic heterocycles. The Balaban J connectivity index is 1.55. The lowest BCUT2D eigenvalue weighted by molar-refractivity contribution is 0.0721. The Labute approximate surface area is 130 Å². The van der Waals surface area contributed by atoms with Gasteiger partial charge in [-0.1, -0.05) is 24.6 Å². The van der Waals surface area contributed by atoms with Crippen molar-refractivity contribution >= 4 is 21.4 Å². The molecule has 0 amide bonds. The summed E-state index contributed by atoms with van der Waals surface area (Å²) >= 11 is 1.86. The van der Waals surface area contributed by atoms with E-state index < -0.39 is 0 Å². The van der Waals surface area contributed by atoms with E-state index in [1.54, 1.807) is 0 Å². The zero-order valence-electron chi connectivity index (χ0n) is 12.4. The molecule has 21 heavy (non-hydrogen) atoms. The molecule has 2 fully saturated rings. The van der Waals surface area contributed by atoms with Crippen LogP contribution in [0.15, 0.2) is 29.6 Å². The fourth-order valence-corrected chi connectivity index (χ4v) is 5.28. The summed E-state index contributed by atoms with van der Waals surface area (Å²) in [4.78, 5) is 2.63. The van der Waals surface area contributed by atoms with E-state index in [9.17, 15) is 5.11 Å². The van der Waals surface area contributed by atoms with Gasteiger partial charge in [0, 0.05) is 23.2 Å². The maximum Gasteiger partial charge on any atom is 0.0583 e. The SMILES string of the molecule is OC1CCCC1C1CCCN1Cc1csc2ccccc12. The molecule has 1 aromatic carbocycles. The van der Waals surface area contributed by atoms with Crippen LogP contribution >= 0.6 is 11.3 Å². The van der Waals surface area contributed by atoms with Gasteiger partial charge >= 0.3 is 0 Å². The van der Waals surface area contributed by atoms with Gasteiger partial charge in [-0.25, -0.2) is 0 Å². The van der Waals surface area contributed by atoms with Crippen molar-refractivity contribution in [3.63, 3.8) is 0 Å². The molecule has 0 radical (unpaired) electrons. The second-order valence-electron chi connectivity index (χ2n) is 6.60. The van der Waals surface area contributed by atoms with E-state index >= 15 is 0 Å². The van der Waals surface area contributed by atoms with Crippen LogP contribution in [0.25, 0.3) is 10.1 Å². The molecule has 2 nitrogen and oxygen atoms in total. The highest BCUT2D eigenvalue weighted by Crippen LogP contribution is 2.37. The first-order chi connectivity index (χ1) is 10.3. The first-order valence-electron chi connectivity index (χ1n) is 8.20. The van der Waals surface area contributed by atoms with Crippen LogP contribution in [-0.4, -0.2) is 28.7 Å². The molecule has 2 heterocycles. The number of likely N-dealkylation sites (tertiary alicyclic amines) is 1. The van der Waals surface area contributed by atoms with Crippen LogP contribution in [0.4, 0.5) is 0 Å². The Morgan fingerprint density at radius 3 is 2.90 bits per heavy atom. The molecule has 3 atom stereocenters. The van der Waals surface area contributed by atoms with Gasteiger partial charge in [0.2, 0.25) is 0 Å². The Hall–Kier alpha value is -0.900. The van der Waals surface area contributed by atoms with E-state index in [1.165, 1.54) is 47.9 Å². The standard InChI is InChI=1S/C18H23NOS/c20-17-8-3-6-15(17)16-7-4-10-19(16)11-13-12-21-18-9-2-1-5-14(13)18/h1-2,5,9,12,15-17,20H,3-4,6-8,10-11H2. The lowest BCUT2D eigenvalue weighted by atomic mass is 9.94. The average molecular weight is 301 g/mol. The van der Waals surface area contributed by atoms with Gasteiger partial charge in [-0.15, -0.1) is 11.3 Å². The lowest BCUT2D eigenvalue weighted by Crippen LogP contribution is -2.38. The zero-order chi connectivity index (χ0) is 14.2. The Bertz CT molecular complexity index is 622. The number of nitrogens with zero attached hydrogens (tertiary/aromatic N) is 1. The second-order valence-corrected chi connectivity index (χ2v) is 7.51. The maximum absolute atomic E-state index is 10.2. The summed E-state index contributed by atoms with van der Waals surface area (Å²) in [6.07, 6.45) is 5.93. The molecule has 3 unspecified atom stereocenters. The van der Waals surface area contributed by atoms with Gasteiger partial charge in [-0.05, 0) is 54.6 Å². The molecule has 1 saturated carbocycles. The van der Waals surface area contributed by atoms with Crippen LogP contribution in [0, 0.1) is 5.92 Å². The van der Waals surface area contributed by atoms with Gasteiger partial charge in [0.05, 0.1) is 6.10 Å². The first kappa shape index (κ1) is 13.7. The van der Waals surface area contributed by atoms with E-state index in [1.807, 2.05) is 11.3 Å². The van der Waals surface area contributed by atoms with Crippen molar-refractivity contribution in [3.8, 4) is 0 Å². The highest BCUT2D eigenvalue weighted by Gasteiger charge is 2.38. The molecule has 1 N–H and O–H groups in total. The maximum atomic E-state index is 10.2. The minimum Gasteiger partial charge on any atom is -0.393 e. The third kappa shape index (κ3) is 2.52. The summed E-state index contributed by atoms with van der Waals surface area (Å²) in [6, 6.07) is 9.32. The molecule has 112 valence electrons. The van der Waals surface area contributed by atoms with Crippen LogP contribution in [0.1, 0.15) is 37.7 Å². The van der Waals surface area contributed by atoms with Crippen molar-refractivity contribution < 1.29 is 5.11 Å². The molecular formula is C18H23NOS. The molecule has 2 aliphatic rings. The Morgan fingerprint density at radius 1 is 1.14 bits per heavy atom. The first-order valence-corrected chi connectivity index (χ1v) is 9.08. The van der Waals surface area contributed by atoms with E-state index in [2.05, 4.69) is 34.5 Å². The van der Waals surface area contributed by atoms with Crippen molar-refractivity contribution in [2.45, 2.75) is 50.8 Å². The van der Waals surface area contributed by atoms with Crippen LogP contribution in [-0.2, 0) is 6.54 Å². The third-order valence-electron chi connectivity index (χ3n) is 5.37. The van der Waals surface area contributed by atoms with E-state index in [4.69, 9.17) is 0 Å². The fraction of sp³-hybridized carbons (Fsp3) is 0.556. The average Bonchev–Trinajstić information content (AvgIpc) is 3.20. The summed E-state index contributed by atoms with van der Waals surface area (Å²) < 4.78 is 1.39. The number of fused-ring (bicyclic) bond motifs is 1. The summed E-state index contributed by atoms with van der Waals surface area (Å²) in [7, 11) is 0. The monoisotopic (exact) mass is 301 g/mol. The quantitative estimate of drug-likeness (QED) is 0.925. The highest BCUT2D eigenvalue weighted by atomic mass is 32.1. The van der Waals surface area contributed by atoms with E-state index in [-0.39, 0.29) is 6.10 Å². The van der Waals surface area contributed by atoms with Crippen LogP contribution < -0.4 is 0 Å². The number of hydrogen-bond donors (Lipinski definition) is 1. The van der Waals surface area contributed by atoms with Crippen molar-refractivity contribution in [1.82, 2.24) is 4.90 Å². The Kier molecular flexibility index (Phi) is 3.74. The van der Waals surface area contributed by atoms with Gasteiger partial charge in [0.15, 0.2) is 0 Å². The molecule has 1 aliphatic carbocycles. The molecule has 1 aromatic heterocycles. The number of aliphatic hydroxyl groups is 1. The minimum atomic E-state index is -0.0604. The third-order valence-corrected chi connectivity index (χ3v) is 6.39. The molecule has 0 bridgehead atoms. The summed E-state index contributed by atoms with van der Waals surface area (Å²) in [5.74, 6) is 0.511. The zero-order valence-corrected chi connectivity index (χ0v) is 13.2. The van der Waals surface area contributed by atoms with Gasteiger partial charge in [-0.2, -0.15) is 0 Å². The minimum absolute atomic E-state index is 0.0604. The van der Waals surface area contributed by atoms with Gasteiger partial charge in [0.1, 0.15) is 0 Å². The van der Waals surface area contributed by atoms with Crippen molar-refractivity contribution in [1.29, 1.82) is 0 Å². The number of hydrogen-bond acceptors (Lipinski definition) is 3. The highest BCUT2D eigenvalue weighted by molar-refractivity contribution is 7.17. The number of benzene rings is 1. The largest absolute Gasteiger partial charge is 0.393 e. The fourth-order valence-electron chi connectivity index (χ4n) is 4.33. The van der Waals surface area contributed by atoms with Crippen LogP contribution in [0.2, 0.25) is 0 Å². The smallest absolute Gasteiger partial charge is 0.0583 e. The molecular weight excluding hydrogens is 278 g/mol. The normalized spacial score (nSPS) is 30.4. The lowest BCUT2D eigenvalue weighted by Gasteiger charge is -2.31. The molecule has 4 rings (SSSR count). The van der Waals surface area contributed by atoms with Gasteiger partial charge < -0.3 is 5.11 Å². The van der Waals surface area contributed by atoms with Gasteiger partial charge in [-0.3, -0.25) is 4.90 Å². The number of thiophene rings is 1. The van der Waals surface area contributed by atoms with Crippen molar-refractivity contribution in [2.75, 3.05) is 6.54 Å². The summed E-state index contributed by atoms with van der Waals surface area (Å²) in [5.41, 5.74) is 1.47. The van der Waals surface area contributed by atoms with Gasteiger partial charge in [0.25, 0.3) is 0 Å². The molecule has 1 saturated heterocycles. The predicted octanol–water partition coefficient (Wildman–Crippen LogP) is 4.03. The molecule has 3 heteroatoms. The van der Waals surface area contributed by atoms with Crippen molar-refractivity contribution in [2.24, 2.45) is 5.92 Å². The topological polar surface area (TPSA) is 23.5 Å². The predicted molar refractivity (Wildman–Crippen MR) is 88.6 cm³/mol. The molecule has 0 spiro atoms. The Morgan fingerprint density at radius 2 is 2.05 bits per heavy atom. The number of aliphatic hydroxyl groups excluding tert-OH is 1.